The van der Waals surface area contributed by atoms with Crippen molar-refractivity contribution in [3.8, 4) is 0 Å². The van der Waals surface area contributed by atoms with Crippen molar-refractivity contribution in [2.75, 3.05) is 5.32 Å². The molecule has 158 valence electrons. The van der Waals surface area contributed by atoms with Crippen molar-refractivity contribution in [3.05, 3.63) is 54.2 Å². The molecule has 1 saturated carbocycles. The molecule has 2 aromatic carbocycles. The Morgan fingerprint density at radius 3 is 2.60 bits per heavy atom. The van der Waals surface area contributed by atoms with Crippen LogP contribution in [0.3, 0.4) is 0 Å². The van der Waals surface area contributed by atoms with Crippen LogP contribution in [0.5, 0.6) is 0 Å². The number of aromatic nitrogens is 1. The summed E-state index contributed by atoms with van der Waals surface area (Å²) in [6.45, 7) is 3.41. The van der Waals surface area contributed by atoms with E-state index in [-0.39, 0.29) is 5.92 Å². The highest BCUT2D eigenvalue weighted by Crippen LogP contribution is 2.40. The lowest BCUT2D eigenvalue weighted by atomic mass is 10.0. The van der Waals surface area contributed by atoms with Gasteiger partial charge >= 0.3 is 0 Å². The van der Waals surface area contributed by atoms with Gasteiger partial charge in [-0.3, -0.25) is 4.79 Å². The third-order valence-corrected chi connectivity index (χ3v) is 6.43. The summed E-state index contributed by atoms with van der Waals surface area (Å²) in [7, 11) is -4.22. The van der Waals surface area contributed by atoms with Crippen molar-refractivity contribution in [1.82, 2.24) is 9.71 Å². The van der Waals surface area contributed by atoms with E-state index in [4.69, 9.17) is 4.42 Å². The molecular formula is C21H22FN3O4S. The molecule has 2 N–H and O–H groups in total. The van der Waals surface area contributed by atoms with Crippen molar-refractivity contribution < 1.29 is 22.0 Å². The van der Waals surface area contributed by atoms with Gasteiger partial charge in [0.05, 0.1) is 0 Å². The zero-order valence-electron chi connectivity index (χ0n) is 16.6. The summed E-state index contributed by atoms with van der Waals surface area (Å²) in [4.78, 5) is 16.8. The molecule has 3 aromatic rings. The number of amides is 1. The van der Waals surface area contributed by atoms with Gasteiger partial charge in [0.2, 0.25) is 15.9 Å². The SMILES string of the molecule is CC(C)[C@H](NS(=O)(=O)c1ccccc1F)C(=O)Nc1ccc2oc(C3CC3)nc2c1. The zero-order chi connectivity index (χ0) is 21.5. The highest BCUT2D eigenvalue weighted by Gasteiger charge is 2.31. The second-order valence-electron chi connectivity index (χ2n) is 7.77. The van der Waals surface area contributed by atoms with Crippen molar-refractivity contribution in [3.63, 3.8) is 0 Å². The largest absolute Gasteiger partial charge is 0.440 e. The van der Waals surface area contributed by atoms with Crippen LogP contribution in [0.1, 0.15) is 38.5 Å². The fourth-order valence-corrected chi connectivity index (χ4v) is 4.56. The van der Waals surface area contributed by atoms with E-state index in [2.05, 4.69) is 15.0 Å². The number of nitrogens with zero attached hydrogens (tertiary/aromatic N) is 1. The van der Waals surface area contributed by atoms with Crippen molar-refractivity contribution in [1.29, 1.82) is 0 Å². The van der Waals surface area contributed by atoms with Gasteiger partial charge in [-0.15, -0.1) is 0 Å². The number of carbonyl (C=O) groups is 1. The fourth-order valence-electron chi connectivity index (χ4n) is 3.13. The lowest BCUT2D eigenvalue weighted by molar-refractivity contribution is -0.118. The van der Waals surface area contributed by atoms with Gasteiger partial charge in [-0.2, -0.15) is 4.72 Å². The van der Waals surface area contributed by atoms with Crippen molar-refractivity contribution in [2.24, 2.45) is 5.92 Å². The van der Waals surface area contributed by atoms with Gasteiger partial charge in [0.1, 0.15) is 22.3 Å². The minimum absolute atomic E-state index is 0.369. The minimum Gasteiger partial charge on any atom is -0.440 e. The molecule has 1 aromatic heterocycles. The van der Waals surface area contributed by atoms with Crippen LogP contribution in [0.25, 0.3) is 11.1 Å². The van der Waals surface area contributed by atoms with Crippen LogP contribution in [0, 0.1) is 11.7 Å². The summed E-state index contributed by atoms with van der Waals surface area (Å²) in [5, 5.41) is 2.72. The number of nitrogens with one attached hydrogen (secondary N) is 2. The molecule has 1 aliphatic carbocycles. The Kier molecular flexibility index (Phi) is 5.33. The quantitative estimate of drug-likeness (QED) is 0.593. The normalized spacial score (nSPS) is 15.5. The topological polar surface area (TPSA) is 101 Å². The number of sulfonamides is 1. The molecule has 0 radical (unpaired) electrons. The van der Waals surface area contributed by atoms with E-state index in [0.29, 0.717) is 28.6 Å². The van der Waals surface area contributed by atoms with Gasteiger partial charge in [-0.25, -0.2) is 17.8 Å². The molecule has 1 heterocycles. The summed E-state index contributed by atoms with van der Waals surface area (Å²) < 4.78 is 47.2. The number of carbonyl (C=O) groups excluding carboxylic acids is 1. The third kappa shape index (κ3) is 4.22. The van der Waals surface area contributed by atoms with Crippen LogP contribution < -0.4 is 10.0 Å². The summed E-state index contributed by atoms with van der Waals surface area (Å²) in [5.41, 5.74) is 1.73. The number of benzene rings is 2. The van der Waals surface area contributed by atoms with Crippen molar-refractivity contribution >= 4 is 32.7 Å². The van der Waals surface area contributed by atoms with Crippen LogP contribution in [0.2, 0.25) is 0 Å². The smallest absolute Gasteiger partial charge is 0.244 e. The minimum atomic E-state index is -4.22. The van der Waals surface area contributed by atoms with E-state index >= 15 is 0 Å². The van der Waals surface area contributed by atoms with Crippen LogP contribution in [-0.4, -0.2) is 25.4 Å². The average Bonchev–Trinajstić information content (AvgIpc) is 3.45. The first-order valence-corrected chi connectivity index (χ1v) is 11.2. The molecule has 0 spiro atoms. The molecule has 1 aliphatic rings. The summed E-state index contributed by atoms with van der Waals surface area (Å²) in [6.07, 6.45) is 2.13. The summed E-state index contributed by atoms with van der Waals surface area (Å²) in [6, 6.07) is 9.02. The predicted octanol–water partition coefficient (Wildman–Crippen LogP) is 3.79. The molecule has 1 amide bonds. The standard InChI is InChI=1S/C21H22FN3O4S/c1-12(2)19(25-30(27,28)18-6-4-3-5-15(18)22)20(26)23-14-9-10-17-16(11-14)24-21(29-17)13-7-8-13/h3-6,9-13,19,25H,7-8H2,1-2H3,(H,23,26)/t19-/m0/s1. The number of oxazole rings is 1. The Labute approximate surface area is 173 Å². The number of hydrogen-bond acceptors (Lipinski definition) is 5. The van der Waals surface area contributed by atoms with Crippen LogP contribution in [-0.2, 0) is 14.8 Å². The van der Waals surface area contributed by atoms with Crippen molar-refractivity contribution in [2.45, 2.75) is 43.5 Å². The van der Waals surface area contributed by atoms with E-state index in [1.54, 1.807) is 32.0 Å². The lowest BCUT2D eigenvalue weighted by Crippen LogP contribution is -2.47. The molecule has 1 fully saturated rings. The Hall–Kier alpha value is -2.78. The molecular weight excluding hydrogens is 409 g/mol. The Morgan fingerprint density at radius 2 is 1.93 bits per heavy atom. The zero-order valence-corrected chi connectivity index (χ0v) is 17.4. The number of hydrogen-bond donors (Lipinski definition) is 2. The maximum Gasteiger partial charge on any atom is 0.244 e. The van der Waals surface area contributed by atoms with Gasteiger partial charge < -0.3 is 9.73 Å². The van der Waals surface area contributed by atoms with E-state index in [9.17, 15) is 17.6 Å². The average molecular weight is 431 g/mol. The van der Waals surface area contributed by atoms with E-state index < -0.39 is 32.7 Å². The van der Waals surface area contributed by atoms with Crippen LogP contribution in [0.15, 0.2) is 51.8 Å². The van der Waals surface area contributed by atoms with E-state index in [0.717, 1.165) is 25.0 Å². The molecule has 9 heteroatoms. The predicted molar refractivity (Wildman–Crippen MR) is 110 cm³/mol. The second-order valence-corrected chi connectivity index (χ2v) is 9.45. The second kappa shape index (κ2) is 7.81. The first kappa shape index (κ1) is 20.5. The monoisotopic (exact) mass is 431 g/mol. The lowest BCUT2D eigenvalue weighted by Gasteiger charge is -2.21. The Bertz CT molecular complexity index is 1200. The van der Waals surface area contributed by atoms with E-state index in [1.165, 1.54) is 12.1 Å². The number of anilines is 1. The molecule has 0 bridgehead atoms. The maximum atomic E-state index is 14.0. The summed E-state index contributed by atoms with van der Waals surface area (Å²) >= 11 is 0. The van der Waals surface area contributed by atoms with Gasteiger partial charge in [-0.05, 0) is 49.1 Å². The maximum absolute atomic E-state index is 14.0. The van der Waals surface area contributed by atoms with E-state index in [1.807, 2.05) is 0 Å². The first-order chi connectivity index (χ1) is 14.2. The van der Waals surface area contributed by atoms with Gasteiger partial charge in [-0.1, -0.05) is 26.0 Å². The third-order valence-electron chi connectivity index (χ3n) is 4.96. The molecule has 4 rings (SSSR count). The molecule has 7 nitrogen and oxygen atoms in total. The fraction of sp³-hybridized carbons (Fsp3) is 0.333. The van der Waals surface area contributed by atoms with Crippen LogP contribution in [0.4, 0.5) is 10.1 Å². The Balaban J connectivity index is 1.53. The Morgan fingerprint density at radius 1 is 1.20 bits per heavy atom. The van der Waals surface area contributed by atoms with Gasteiger partial charge in [0, 0.05) is 11.6 Å². The number of halogens is 1. The molecule has 0 saturated heterocycles. The van der Waals surface area contributed by atoms with Gasteiger partial charge in [0.15, 0.2) is 11.5 Å². The first-order valence-electron chi connectivity index (χ1n) is 9.73. The molecule has 1 atom stereocenters. The number of fused-ring (bicyclic) bond motifs is 1. The number of rotatable bonds is 7. The highest BCUT2D eigenvalue weighted by atomic mass is 32.2. The highest BCUT2D eigenvalue weighted by molar-refractivity contribution is 7.89. The van der Waals surface area contributed by atoms with Gasteiger partial charge in [0.25, 0.3) is 0 Å². The molecule has 0 aliphatic heterocycles. The molecule has 0 unspecified atom stereocenters. The summed E-state index contributed by atoms with van der Waals surface area (Å²) in [5.74, 6) is -0.727. The molecule has 30 heavy (non-hydrogen) atoms. The van der Waals surface area contributed by atoms with Crippen LogP contribution >= 0.6 is 0 Å².